The summed E-state index contributed by atoms with van der Waals surface area (Å²) in [6.45, 7) is 3.69. The van der Waals surface area contributed by atoms with Crippen LogP contribution < -0.4 is 5.32 Å². The molecule has 2 aromatic rings. The molecule has 144 valence electrons. The molecular formula is C18H23ClN6O2. The topological polar surface area (TPSA) is 83.4 Å². The van der Waals surface area contributed by atoms with E-state index >= 15 is 0 Å². The van der Waals surface area contributed by atoms with Gasteiger partial charge in [-0.25, -0.2) is 4.68 Å². The van der Waals surface area contributed by atoms with Gasteiger partial charge in [-0.2, -0.15) is 0 Å². The fraction of sp³-hybridized carbons (Fsp3) is 0.444. The Morgan fingerprint density at radius 3 is 2.74 bits per heavy atom. The van der Waals surface area contributed by atoms with Crippen molar-refractivity contribution in [1.29, 1.82) is 0 Å². The summed E-state index contributed by atoms with van der Waals surface area (Å²) in [5.74, 6) is -0.154. The molecule has 1 fully saturated rings. The molecule has 0 spiro atoms. The highest BCUT2D eigenvalue weighted by Gasteiger charge is 2.23. The first-order chi connectivity index (χ1) is 13.0. The average Bonchev–Trinajstić information content (AvgIpc) is 3.11. The number of aromatic nitrogens is 3. The lowest BCUT2D eigenvalue weighted by Gasteiger charge is -2.29. The van der Waals surface area contributed by atoms with Gasteiger partial charge in [0.2, 0.25) is 5.91 Å². The van der Waals surface area contributed by atoms with Gasteiger partial charge in [0.1, 0.15) is 5.69 Å². The fourth-order valence-corrected chi connectivity index (χ4v) is 3.27. The van der Waals surface area contributed by atoms with Crippen LogP contribution in [0.25, 0.3) is 0 Å². The zero-order valence-electron chi connectivity index (χ0n) is 15.3. The molecule has 1 saturated heterocycles. The van der Waals surface area contributed by atoms with Crippen molar-refractivity contribution >= 4 is 23.4 Å². The van der Waals surface area contributed by atoms with Gasteiger partial charge in [-0.3, -0.25) is 9.59 Å². The molecule has 3 rings (SSSR count). The maximum Gasteiger partial charge on any atom is 0.274 e. The maximum atomic E-state index is 13.0. The predicted molar refractivity (Wildman–Crippen MR) is 101 cm³/mol. The third-order valence-corrected chi connectivity index (χ3v) is 4.78. The Balaban J connectivity index is 1.71. The van der Waals surface area contributed by atoms with Crippen LogP contribution in [0.1, 0.15) is 22.5 Å². The van der Waals surface area contributed by atoms with Crippen LogP contribution >= 0.6 is 11.6 Å². The average molecular weight is 391 g/mol. The van der Waals surface area contributed by atoms with E-state index in [1.54, 1.807) is 18.0 Å². The second kappa shape index (κ2) is 8.96. The van der Waals surface area contributed by atoms with Gasteiger partial charge < -0.3 is 15.1 Å². The van der Waals surface area contributed by atoms with E-state index in [0.29, 0.717) is 36.9 Å². The van der Waals surface area contributed by atoms with Crippen LogP contribution in [0.3, 0.4) is 0 Å². The first-order valence-corrected chi connectivity index (χ1v) is 9.29. The van der Waals surface area contributed by atoms with E-state index in [-0.39, 0.29) is 18.2 Å². The van der Waals surface area contributed by atoms with Crippen LogP contribution in [0.2, 0.25) is 5.02 Å². The minimum Gasteiger partial charge on any atom is -0.340 e. The first-order valence-electron chi connectivity index (χ1n) is 8.91. The third-order valence-electron chi connectivity index (χ3n) is 4.55. The Morgan fingerprint density at radius 1 is 1.30 bits per heavy atom. The number of nitrogens with one attached hydrogen (secondary N) is 1. The lowest BCUT2D eigenvalue weighted by Crippen LogP contribution is -2.47. The standard InChI is InChI=1S/C18H23ClN6O2/c1-23-16(12-21-22-23)18(27)25(13-14-3-2-4-15(19)11-14)8-5-17(26)24-9-6-20-7-10-24/h2-4,11-12,20H,5-10,13H2,1H3. The Hall–Kier alpha value is -2.45. The summed E-state index contributed by atoms with van der Waals surface area (Å²) < 4.78 is 1.44. The summed E-state index contributed by atoms with van der Waals surface area (Å²) in [5, 5.41) is 11.4. The molecule has 2 amide bonds. The minimum atomic E-state index is -0.212. The Bertz CT molecular complexity index is 803. The Kier molecular flexibility index (Phi) is 6.41. The monoisotopic (exact) mass is 390 g/mol. The number of piperazine rings is 1. The van der Waals surface area contributed by atoms with Gasteiger partial charge in [0.25, 0.3) is 5.91 Å². The van der Waals surface area contributed by atoms with Gasteiger partial charge in [-0.05, 0) is 17.7 Å². The first kappa shape index (κ1) is 19.3. The van der Waals surface area contributed by atoms with Gasteiger partial charge in [0, 0.05) is 57.8 Å². The zero-order valence-corrected chi connectivity index (χ0v) is 16.0. The second-order valence-electron chi connectivity index (χ2n) is 6.48. The van der Waals surface area contributed by atoms with Crippen LogP contribution in [-0.4, -0.2) is 69.3 Å². The van der Waals surface area contributed by atoms with E-state index in [4.69, 9.17) is 11.6 Å². The van der Waals surface area contributed by atoms with Crippen molar-refractivity contribution in [1.82, 2.24) is 30.1 Å². The number of carbonyl (C=O) groups is 2. The predicted octanol–water partition coefficient (Wildman–Crippen LogP) is 0.933. The van der Waals surface area contributed by atoms with Gasteiger partial charge in [0.15, 0.2) is 0 Å². The highest BCUT2D eigenvalue weighted by Crippen LogP contribution is 2.15. The molecular weight excluding hydrogens is 368 g/mol. The van der Waals surface area contributed by atoms with E-state index in [9.17, 15) is 9.59 Å². The lowest BCUT2D eigenvalue weighted by atomic mass is 10.2. The molecule has 2 heterocycles. The largest absolute Gasteiger partial charge is 0.340 e. The van der Waals surface area contributed by atoms with Crippen LogP contribution in [0.4, 0.5) is 0 Å². The molecule has 1 aromatic heterocycles. The molecule has 0 radical (unpaired) electrons. The lowest BCUT2D eigenvalue weighted by molar-refractivity contribution is -0.132. The van der Waals surface area contributed by atoms with Crippen LogP contribution in [0, 0.1) is 0 Å². The van der Waals surface area contributed by atoms with E-state index in [0.717, 1.165) is 18.7 Å². The van der Waals surface area contributed by atoms with Crippen molar-refractivity contribution in [3.63, 3.8) is 0 Å². The number of hydrogen-bond donors (Lipinski definition) is 1. The van der Waals surface area contributed by atoms with E-state index in [1.165, 1.54) is 10.9 Å². The SMILES string of the molecule is Cn1nncc1C(=O)N(CCC(=O)N1CCNCC1)Cc1cccc(Cl)c1. The van der Waals surface area contributed by atoms with Crippen molar-refractivity contribution in [2.24, 2.45) is 7.05 Å². The molecule has 0 atom stereocenters. The molecule has 1 N–H and O–H groups in total. The highest BCUT2D eigenvalue weighted by molar-refractivity contribution is 6.30. The van der Waals surface area contributed by atoms with Crippen molar-refractivity contribution < 1.29 is 9.59 Å². The second-order valence-corrected chi connectivity index (χ2v) is 6.92. The van der Waals surface area contributed by atoms with Crippen LogP contribution in [0.15, 0.2) is 30.5 Å². The summed E-state index contributed by atoms with van der Waals surface area (Å²) in [5.41, 5.74) is 1.28. The van der Waals surface area contributed by atoms with Gasteiger partial charge in [-0.1, -0.05) is 28.9 Å². The van der Waals surface area contributed by atoms with Crippen LogP contribution in [0.5, 0.6) is 0 Å². The number of rotatable bonds is 6. The van der Waals surface area contributed by atoms with Gasteiger partial charge in [-0.15, -0.1) is 5.10 Å². The number of benzene rings is 1. The molecule has 9 heteroatoms. The van der Waals surface area contributed by atoms with Gasteiger partial charge >= 0.3 is 0 Å². The molecule has 0 aliphatic carbocycles. The number of aryl methyl sites for hydroxylation is 1. The van der Waals surface area contributed by atoms with Crippen molar-refractivity contribution in [2.75, 3.05) is 32.7 Å². The van der Waals surface area contributed by atoms with Crippen LogP contribution in [-0.2, 0) is 18.4 Å². The summed E-state index contributed by atoms with van der Waals surface area (Å²) in [6.07, 6.45) is 1.71. The molecule has 1 aromatic carbocycles. The highest BCUT2D eigenvalue weighted by atomic mass is 35.5. The van der Waals surface area contributed by atoms with Crippen molar-refractivity contribution in [3.05, 3.63) is 46.7 Å². The molecule has 0 saturated carbocycles. The van der Waals surface area contributed by atoms with E-state index in [2.05, 4.69) is 15.6 Å². The normalized spacial score (nSPS) is 14.2. The molecule has 8 nitrogen and oxygen atoms in total. The molecule has 1 aliphatic rings. The van der Waals surface area contributed by atoms with Gasteiger partial charge in [0.05, 0.1) is 6.20 Å². The smallest absolute Gasteiger partial charge is 0.274 e. The number of amides is 2. The Labute approximate surface area is 163 Å². The van der Waals surface area contributed by atoms with Crippen molar-refractivity contribution in [2.45, 2.75) is 13.0 Å². The number of nitrogens with zero attached hydrogens (tertiary/aromatic N) is 5. The van der Waals surface area contributed by atoms with E-state index < -0.39 is 0 Å². The van der Waals surface area contributed by atoms with Crippen molar-refractivity contribution in [3.8, 4) is 0 Å². The molecule has 0 unspecified atom stereocenters. The summed E-state index contributed by atoms with van der Waals surface area (Å²) in [4.78, 5) is 28.9. The quantitative estimate of drug-likeness (QED) is 0.793. The number of carbonyl (C=O) groups excluding carboxylic acids is 2. The van der Waals surface area contributed by atoms with E-state index in [1.807, 2.05) is 23.1 Å². The number of halogens is 1. The fourth-order valence-electron chi connectivity index (χ4n) is 3.06. The minimum absolute atomic E-state index is 0.0588. The zero-order chi connectivity index (χ0) is 19.2. The summed E-state index contributed by atoms with van der Waals surface area (Å²) in [7, 11) is 1.67. The molecule has 0 bridgehead atoms. The maximum absolute atomic E-state index is 13.0. The number of hydrogen-bond acceptors (Lipinski definition) is 5. The molecule has 27 heavy (non-hydrogen) atoms. The molecule has 1 aliphatic heterocycles. The Morgan fingerprint density at radius 2 is 2.07 bits per heavy atom. The third kappa shape index (κ3) is 5.05. The summed E-state index contributed by atoms with van der Waals surface area (Å²) >= 11 is 6.07. The summed E-state index contributed by atoms with van der Waals surface area (Å²) in [6, 6.07) is 7.36.